The number of hydrogen-bond donors (Lipinski definition) is 2. The quantitative estimate of drug-likeness (QED) is 0.774. The van der Waals surface area contributed by atoms with Gasteiger partial charge in [0.25, 0.3) is 0 Å². The highest BCUT2D eigenvalue weighted by Crippen LogP contribution is 2.47. The summed E-state index contributed by atoms with van der Waals surface area (Å²) in [5.41, 5.74) is 0. The number of aliphatic carboxylic acids is 1. The molecule has 2 amide bonds. The minimum atomic E-state index is -0.984. The molecule has 5 nitrogen and oxygen atoms in total. The number of urea groups is 1. The number of carboxylic acids is 1. The van der Waals surface area contributed by atoms with E-state index in [-0.39, 0.29) is 12.6 Å². The Labute approximate surface area is 101 Å². The highest BCUT2D eigenvalue weighted by atomic mass is 16.4. The first-order valence-corrected chi connectivity index (χ1v) is 6.27. The topological polar surface area (TPSA) is 69.6 Å². The first-order valence-electron chi connectivity index (χ1n) is 6.27. The van der Waals surface area contributed by atoms with Crippen LogP contribution in [0.1, 0.15) is 25.7 Å². The molecule has 0 spiro atoms. The van der Waals surface area contributed by atoms with Crippen LogP contribution >= 0.6 is 0 Å². The first-order chi connectivity index (χ1) is 8.06. The average Bonchev–Trinajstić information content (AvgIpc) is 2.86. The lowest BCUT2D eigenvalue weighted by Gasteiger charge is -2.23. The van der Waals surface area contributed by atoms with Gasteiger partial charge in [-0.3, -0.25) is 4.79 Å². The minimum Gasteiger partial charge on any atom is -0.480 e. The van der Waals surface area contributed by atoms with Crippen LogP contribution in [0.2, 0.25) is 0 Å². The van der Waals surface area contributed by atoms with Crippen LogP contribution in [0.15, 0.2) is 0 Å². The van der Waals surface area contributed by atoms with Gasteiger partial charge in [0.1, 0.15) is 6.54 Å². The molecule has 0 saturated heterocycles. The van der Waals surface area contributed by atoms with Crippen LogP contribution in [0, 0.1) is 17.8 Å². The predicted octanol–water partition coefficient (Wildman–Crippen LogP) is 1.15. The van der Waals surface area contributed by atoms with Crippen molar-refractivity contribution in [3.63, 3.8) is 0 Å². The van der Waals surface area contributed by atoms with Crippen molar-refractivity contribution in [1.82, 2.24) is 10.2 Å². The maximum atomic E-state index is 11.6. The van der Waals surface area contributed by atoms with Crippen LogP contribution in [-0.2, 0) is 4.79 Å². The number of nitrogens with zero attached hydrogens (tertiary/aromatic N) is 1. The predicted molar refractivity (Wildman–Crippen MR) is 62.6 cm³/mol. The Bertz CT molecular complexity index is 319. The van der Waals surface area contributed by atoms with Gasteiger partial charge in [-0.1, -0.05) is 6.42 Å². The summed E-state index contributed by atoms with van der Waals surface area (Å²) in [7, 11) is 1.50. The molecule has 3 unspecified atom stereocenters. The summed E-state index contributed by atoms with van der Waals surface area (Å²) in [6.07, 6.45) is 5.21. The van der Waals surface area contributed by atoms with E-state index in [1.807, 2.05) is 0 Å². The maximum absolute atomic E-state index is 11.6. The normalized spacial score (nSPS) is 30.3. The number of nitrogens with one attached hydrogen (secondary N) is 1. The fourth-order valence-electron chi connectivity index (χ4n) is 3.25. The van der Waals surface area contributed by atoms with Gasteiger partial charge in [-0.2, -0.15) is 0 Å². The van der Waals surface area contributed by atoms with Gasteiger partial charge >= 0.3 is 12.0 Å². The Kier molecular flexibility index (Phi) is 3.54. The Morgan fingerprint density at radius 2 is 2.12 bits per heavy atom. The molecule has 96 valence electrons. The number of hydrogen-bond acceptors (Lipinski definition) is 2. The highest BCUT2D eigenvalue weighted by Gasteiger charge is 2.39. The van der Waals surface area contributed by atoms with Crippen LogP contribution in [0.25, 0.3) is 0 Å². The van der Waals surface area contributed by atoms with E-state index in [0.29, 0.717) is 12.5 Å². The Balaban J connectivity index is 1.71. The van der Waals surface area contributed by atoms with Crippen molar-refractivity contribution >= 4 is 12.0 Å². The Morgan fingerprint density at radius 1 is 1.35 bits per heavy atom. The molecule has 2 aliphatic rings. The van der Waals surface area contributed by atoms with Crippen molar-refractivity contribution in [1.29, 1.82) is 0 Å². The van der Waals surface area contributed by atoms with Crippen molar-refractivity contribution < 1.29 is 14.7 Å². The molecule has 2 fully saturated rings. The van der Waals surface area contributed by atoms with Gasteiger partial charge in [0, 0.05) is 13.6 Å². The number of fused-ring (bicyclic) bond motifs is 2. The summed E-state index contributed by atoms with van der Waals surface area (Å²) in [6.45, 7) is 0.451. The third-order valence-corrected chi connectivity index (χ3v) is 4.12. The van der Waals surface area contributed by atoms with Gasteiger partial charge < -0.3 is 15.3 Å². The molecular formula is C12H20N2O3. The van der Waals surface area contributed by atoms with E-state index in [2.05, 4.69) is 5.32 Å². The fourth-order valence-corrected chi connectivity index (χ4v) is 3.25. The Hall–Kier alpha value is -1.26. The second-order valence-electron chi connectivity index (χ2n) is 5.37. The molecule has 2 aliphatic carbocycles. The molecule has 0 heterocycles. The van der Waals surface area contributed by atoms with Gasteiger partial charge in [0.15, 0.2) is 0 Å². The first kappa shape index (κ1) is 12.2. The maximum Gasteiger partial charge on any atom is 0.323 e. The van der Waals surface area contributed by atoms with E-state index in [9.17, 15) is 9.59 Å². The van der Waals surface area contributed by atoms with Crippen molar-refractivity contribution in [2.75, 3.05) is 20.1 Å². The molecule has 2 bridgehead atoms. The van der Waals surface area contributed by atoms with Crippen molar-refractivity contribution in [3.8, 4) is 0 Å². The molecule has 5 heteroatoms. The Morgan fingerprint density at radius 3 is 2.65 bits per heavy atom. The van der Waals surface area contributed by atoms with Crippen LogP contribution in [-0.4, -0.2) is 42.1 Å². The lowest BCUT2D eigenvalue weighted by atomic mass is 9.89. The smallest absolute Gasteiger partial charge is 0.323 e. The lowest BCUT2D eigenvalue weighted by molar-refractivity contribution is -0.137. The molecule has 17 heavy (non-hydrogen) atoms. The molecular weight excluding hydrogens is 220 g/mol. The zero-order valence-electron chi connectivity index (χ0n) is 10.2. The molecule has 0 radical (unpaired) electrons. The molecule has 2 N–H and O–H groups in total. The number of carbonyl (C=O) groups is 2. The zero-order valence-corrected chi connectivity index (χ0v) is 10.2. The number of rotatable bonds is 4. The third kappa shape index (κ3) is 2.90. The zero-order chi connectivity index (χ0) is 12.4. The summed E-state index contributed by atoms with van der Waals surface area (Å²) in [5.74, 6) is 1.28. The van der Waals surface area contributed by atoms with Gasteiger partial charge in [-0.15, -0.1) is 0 Å². The van der Waals surface area contributed by atoms with Gasteiger partial charge in [-0.05, 0) is 37.0 Å². The second-order valence-corrected chi connectivity index (χ2v) is 5.37. The number of amides is 2. The van der Waals surface area contributed by atoms with Gasteiger partial charge in [-0.25, -0.2) is 4.79 Å². The minimum absolute atomic E-state index is 0.247. The van der Waals surface area contributed by atoms with Gasteiger partial charge in [0.2, 0.25) is 0 Å². The SMILES string of the molecule is CN(CC(=O)O)C(=O)NCC1CC2CCC1C2. The average molecular weight is 240 g/mol. The van der Waals surface area contributed by atoms with Crippen LogP contribution in [0.4, 0.5) is 4.79 Å². The summed E-state index contributed by atoms with van der Waals surface area (Å²) >= 11 is 0. The lowest BCUT2D eigenvalue weighted by Crippen LogP contribution is -2.42. The summed E-state index contributed by atoms with van der Waals surface area (Å²) in [5, 5.41) is 11.4. The van der Waals surface area contributed by atoms with E-state index in [0.717, 1.165) is 11.8 Å². The highest BCUT2D eigenvalue weighted by molar-refractivity contribution is 5.79. The molecule has 0 aromatic carbocycles. The standard InChI is InChI=1S/C12H20N2O3/c1-14(7-11(15)16)12(17)13-6-10-5-8-2-3-9(10)4-8/h8-10H,2-7H2,1H3,(H,13,17)(H,15,16). The molecule has 0 aromatic heterocycles. The molecule has 2 rings (SSSR count). The second kappa shape index (κ2) is 4.94. The van der Waals surface area contributed by atoms with Crippen molar-refractivity contribution in [3.05, 3.63) is 0 Å². The summed E-state index contributed by atoms with van der Waals surface area (Å²) < 4.78 is 0. The fraction of sp³-hybridized carbons (Fsp3) is 0.833. The summed E-state index contributed by atoms with van der Waals surface area (Å²) in [6, 6.07) is -0.282. The summed E-state index contributed by atoms with van der Waals surface area (Å²) in [4.78, 5) is 23.3. The monoisotopic (exact) mass is 240 g/mol. The van der Waals surface area contributed by atoms with Gasteiger partial charge in [0.05, 0.1) is 0 Å². The van der Waals surface area contributed by atoms with E-state index in [4.69, 9.17) is 5.11 Å². The number of likely N-dealkylation sites (N-methyl/N-ethyl adjacent to an activating group) is 1. The molecule has 0 aliphatic heterocycles. The van der Waals surface area contributed by atoms with E-state index in [1.165, 1.54) is 37.6 Å². The van der Waals surface area contributed by atoms with E-state index < -0.39 is 5.97 Å². The van der Waals surface area contributed by atoms with Crippen molar-refractivity contribution in [2.45, 2.75) is 25.7 Å². The molecule has 3 atom stereocenters. The number of carbonyl (C=O) groups excluding carboxylic acids is 1. The number of carboxylic acid groups (broad SMARTS) is 1. The van der Waals surface area contributed by atoms with E-state index >= 15 is 0 Å². The molecule has 2 saturated carbocycles. The third-order valence-electron chi connectivity index (χ3n) is 4.12. The van der Waals surface area contributed by atoms with Crippen LogP contribution < -0.4 is 5.32 Å². The molecule has 0 aromatic rings. The van der Waals surface area contributed by atoms with E-state index in [1.54, 1.807) is 0 Å². The van der Waals surface area contributed by atoms with Crippen LogP contribution in [0.5, 0.6) is 0 Å². The van der Waals surface area contributed by atoms with Crippen LogP contribution in [0.3, 0.4) is 0 Å². The van der Waals surface area contributed by atoms with Crippen molar-refractivity contribution in [2.24, 2.45) is 17.8 Å². The largest absolute Gasteiger partial charge is 0.480 e.